The van der Waals surface area contributed by atoms with Crippen LogP contribution in [0.4, 0.5) is 0 Å². The first-order valence-electron chi connectivity index (χ1n) is 5.27. The van der Waals surface area contributed by atoms with E-state index in [1.54, 1.807) is 6.08 Å². The van der Waals surface area contributed by atoms with Gasteiger partial charge in [-0.1, -0.05) is 60.4 Å². The summed E-state index contributed by atoms with van der Waals surface area (Å²) in [6.07, 6.45) is 7.54. The van der Waals surface area contributed by atoms with Crippen molar-refractivity contribution in [1.82, 2.24) is 0 Å². The Hall–Kier alpha value is -2.00. The lowest BCUT2D eigenvalue weighted by atomic mass is 10.1. The van der Waals surface area contributed by atoms with Gasteiger partial charge in [-0.3, -0.25) is 0 Å². The van der Waals surface area contributed by atoms with Crippen LogP contribution in [0.5, 0.6) is 0 Å². The lowest BCUT2D eigenvalue weighted by Crippen LogP contribution is -1.75. The first-order valence-corrected chi connectivity index (χ1v) is 5.27. The van der Waals surface area contributed by atoms with Crippen molar-refractivity contribution in [2.75, 3.05) is 0 Å². The van der Waals surface area contributed by atoms with Crippen LogP contribution in [0.1, 0.15) is 18.1 Å². The van der Waals surface area contributed by atoms with Crippen LogP contribution in [0.25, 0.3) is 0 Å². The molecular formula is C16H16. The smallest absolute Gasteiger partial charge is 0.0249 e. The molecule has 1 aromatic rings. The molecule has 0 nitrogen and oxygen atoms in total. The van der Waals surface area contributed by atoms with E-state index in [0.717, 1.165) is 11.1 Å². The third kappa shape index (κ3) is 4.48. The van der Waals surface area contributed by atoms with Crippen LogP contribution in [0.2, 0.25) is 0 Å². The Bertz CT molecular complexity index is 459. The van der Waals surface area contributed by atoms with E-state index < -0.39 is 0 Å². The summed E-state index contributed by atoms with van der Waals surface area (Å²) >= 11 is 0. The quantitative estimate of drug-likeness (QED) is 0.508. The molecule has 1 aromatic carbocycles. The molecule has 0 unspecified atom stereocenters. The third-order valence-electron chi connectivity index (χ3n) is 2.05. The van der Waals surface area contributed by atoms with Gasteiger partial charge in [-0.25, -0.2) is 0 Å². The molecule has 80 valence electrons. The van der Waals surface area contributed by atoms with Crippen LogP contribution in [0, 0.1) is 18.8 Å². The van der Waals surface area contributed by atoms with Gasteiger partial charge in [0.25, 0.3) is 0 Å². The highest BCUT2D eigenvalue weighted by Gasteiger charge is 1.85. The molecule has 16 heavy (non-hydrogen) atoms. The molecule has 0 amide bonds. The Morgan fingerprint density at radius 3 is 2.50 bits per heavy atom. The fraction of sp³-hybridized carbons (Fsp3) is 0.125. The van der Waals surface area contributed by atoms with Crippen LogP contribution in [-0.2, 0) is 0 Å². The van der Waals surface area contributed by atoms with Crippen molar-refractivity contribution in [2.45, 2.75) is 13.8 Å². The molecule has 0 spiro atoms. The first kappa shape index (κ1) is 12.1. The zero-order valence-electron chi connectivity index (χ0n) is 9.83. The Balaban J connectivity index is 2.74. The minimum Gasteiger partial charge on any atom is -0.0991 e. The monoisotopic (exact) mass is 208 g/mol. The van der Waals surface area contributed by atoms with Crippen LogP contribution < -0.4 is 0 Å². The van der Waals surface area contributed by atoms with Crippen molar-refractivity contribution in [3.63, 3.8) is 0 Å². The maximum Gasteiger partial charge on any atom is 0.0249 e. The number of allylic oxidation sites excluding steroid dienone is 5. The third-order valence-corrected chi connectivity index (χ3v) is 2.05. The summed E-state index contributed by atoms with van der Waals surface area (Å²) in [4.78, 5) is 0. The molecule has 0 atom stereocenters. The number of benzene rings is 1. The molecule has 0 heteroatoms. The summed E-state index contributed by atoms with van der Waals surface area (Å²) in [6, 6.07) is 8.21. The SMILES string of the molecule is C=C/C=C\C=C(/C)C#Cc1ccc(C)cc1. The van der Waals surface area contributed by atoms with E-state index in [-0.39, 0.29) is 0 Å². The summed E-state index contributed by atoms with van der Waals surface area (Å²) in [7, 11) is 0. The predicted octanol–water partition coefficient (Wildman–Crippen LogP) is 4.04. The standard InChI is InChI=1S/C16H16/c1-4-5-6-7-14(2)8-11-16-12-9-15(3)10-13-16/h4-7,9-10,12-13H,1H2,2-3H3/b6-5-,14-7+. The Morgan fingerprint density at radius 1 is 1.19 bits per heavy atom. The van der Waals surface area contributed by atoms with Gasteiger partial charge in [0.15, 0.2) is 0 Å². The van der Waals surface area contributed by atoms with Gasteiger partial charge in [0.1, 0.15) is 0 Å². The van der Waals surface area contributed by atoms with Gasteiger partial charge in [0, 0.05) is 5.56 Å². The van der Waals surface area contributed by atoms with Gasteiger partial charge >= 0.3 is 0 Å². The second kappa shape index (κ2) is 6.48. The number of rotatable bonds is 2. The highest BCUT2D eigenvalue weighted by molar-refractivity contribution is 5.41. The molecule has 0 aromatic heterocycles. The highest BCUT2D eigenvalue weighted by atomic mass is 13.9. The second-order valence-corrected chi connectivity index (χ2v) is 3.59. The molecule has 1 rings (SSSR count). The van der Waals surface area contributed by atoms with Gasteiger partial charge in [-0.15, -0.1) is 0 Å². The zero-order chi connectivity index (χ0) is 11.8. The largest absolute Gasteiger partial charge is 0.0991 e. The van der Waals surface area contributed by atoms with Crippen LogP contribution in [0.3, 0.4) is 0 Å². The molecule has 0 radical (unpaired) electrons. The molecule has 0 saturated carbocycles. The number of hydrogen-bond donors (Lipinski definition) is 0. The molecule has 0 saturated heterocycles. The summed E-state index contributed by atoms with van der Waals surface area (Å²) in [6.45, 7) is 7.67. The van der Waals surface area contributed by atoms with Crippen molar-refractivity contribution in [2.24, 2.45) is 0 Å². The van der Waals surface area contributed by atoms with E-state index in [9.17, 15) is 0 Å². The number of hydrogen-bond acceptors (Lipinski definition) is 0. The minimum absolute atomic E-state index is 1.04. The predicted molar refractivity (Wildman–Crippen MR) is 71.2 cm³/mol. The number of aryl methyl sites for hydroxylation is 1. The van der Waals surface area contributed by atoms with E-state index in [2.05, 4.69) is 37.5 Å². The van der Waals surface area contributed by atoms with Gasteiger partial charge in [0.2, 0.25) is 0 Å². The zero-order valence-corrected chi connectivity index (χ0v) is 9.83. The fourth-order valence-corrected chi connectivity index (χ4v) is 1.13. The lowest BCUT2D eigenvalue weighted by molar-refractivity contribution is 1.46. The van der Waals surface area contributed by atoms with Gasteiger partial charge in [-0.2, -0.15) is 0 Å². The Morgan fingerprint density at radius 2 is 1.88 bits per heavy atom. The molecule has 0 bridgehead atoms. The second-order valence-electron chi connectivity index (χ2n) is 3.59. The topological polar surface area (TPSA) is 0 Å². The average molecular weight is 208 g/mol. The fourth-order valence-electron chi connectivity index (χ4n) is 1.13. The van der Waals surface area contributed by atoms with Crippen LogP contribution in [-0.4, -0.2) is 0 Å². The van der Waals surface area contributed by atoms with E-state index in [4.69, 9.17) is 0 Å². The summed E-state index contributed by atoms with van der Waals surface area (Å²) in [5, 5.41) is 0. The van der Waals surface area contributed by atoms with Crippen molar-refractivity contribution in [3.8, 4) is 11.8 Å². The van der Waals surface area contributed by atoms with Gasteiger partial charge < -0.3 is 0 Å². The van der Waals surface area contributed by atoms with Crippen molar-refractivity contribution < 1.29 is 0 Å². The van der Waals surface area contributed by atoms with Crippen LogP contribution >= 0.6 is 0 Å². The Kier molecular flexibility index (Phi) is 4.89. The summed E-state index contributed by atoms with van der Waals surface area (Å²) in [5.74, 6) is 6.22. The van der Waals surface area contributed by atoms with Gasteiger partial charge in [-0.05, 0) is 31.6 Å². The first-order chi connectivity index (χ1) is 7.72. The van der Waals surface area contributed by atoms with Gasteiger partial charge in [0.05, 0.1) is 0 Å². The highest BCUT2D eigenvalue weighted by Crippen LogP contribution is 2.01. The van der Waals surface area contributed by atoms with Crippen molar-refractivity contribution in [3.05, 3.63) is 71.8 Å². The summed E-state index contributed by atoms with van der Waals surface area (Å²) in [5.41, 5.74) is 3.34. The maximum atomic E-state index is 3.61. The van der Waals surface area contributed by atoms with Crippen LogP contribution in [0.15, 0.2) is 60.7 Å². The molecule has 0 aliphatic carbocycles. The molecule has 0 N–H and O–H groups in total. The van der Waals surface area contributed by atoms with Crippen molar-refractivity contribution >= 4 is 0 Å². The minimum atomic E-state index is 1.04. The van der Waals surface area contributed by atoms with E-state index in [1.165, 1.54) is 5.56 Å². The average Bonchev–Trinajstić information content (AvgIpc) is 2.29. The maximum absolute atomic E-state index is 3.61. The molecular weight excluding hydrogens is 192 g/mol. The Labute approximate surface area is 98.0 Å². The lowest BCUT2D eigenvalue weighted by Gasteiger charge is -1.91. The van der Waals surface area contributed by atoms with Crippen molar-refractivity contribution in [1.29, 1.82) is 0 Å². The summed E-state index contributed by atoms with van der Waals surface area (Å²) < 4.78 is 0. The van der Waals surface area contributed by atoms with E-state index in [0.29, 0.717) is 0 Å². The molecule has 0 heterocycles. The normalized spacial score (nSPS) is 11.0. The van der Waals surface area contributed by atoms with E-state index in [1.807, 2.05) is 37.3 Å². The molecule has 0 aliphatic rings. The van der Waals surface area contributed by atoms with E-state index >= 15 is 0 Å². The molecule has 0 aliphatic heterocycles. The molecule has 0 fully saturated rings.